The molecule has 0 spiro atoms. The summed E-state index contributed by atoms with van der Waals surface area (Å²) in [4.78, 5) is 25.1. The Morgan fingerprint density at radius 3 is 2.50 bits per heavy atom. The van der Waals surface area contributed by atoms with Crippen molar-refractivity contribution in [1.82, 2.24) is 4.37 Å². The van der Waals surface area contributed by atoms with Crippen molar-refractivity contribution in [3.8, 4) is 0 Å². The Balaban J connectivity index is 2.18. The Bertz CT molecular complexity index is 681. The van der Waals surface area contributed by atoms with E-state index < -0.39 is 0 Å². The highest BCUT2D eigenvalue weighted by Crippen LogP contribution is 2.26. The van der Waals surface area contributed by atoms with Gasteiger partial charge in [0.15, 0.2) is 0 Å². The molecular formula is C15H17N3O2S2. The van der Waals surface area contributed by atoms with Gasteiger partial charge in [-0.1, -0.05) is 6.92 Å². The van der Waals surface area contributed by atoms with Gasteiger partial charge >= 0.3 is 0 Å². The Hall–Kier alpha value is -1.86. The third-order valence-corrected chi connectivity index (χ3v) is 4.61. The molecule has 0 unspecified atom stereocenters. The van der Waals surface area contributed by atoms with Crippen LogP contribution in [0.5, 0.6) is 0 Å². The number of nitrogens with one attached hydrogen (secondary N) is 2. The van der Waals surface area contributed by atoms with Gasteiger partial charge < -0.3 is 10.6 Å². The predicted octanol–water partition coefficient (Wildman–Crippen LogP) is 3.77. The highest BCUT2D eigenvalue weighted by atomic mass is 32.2. The fourth-order valence-electron chi connectivity index (χ4n) is 1.81. The number of rotatable bonds is 5. The Labute approximate surface area is 137 Å². The first-order valence-electron chi connectivity index (χ1n) is 6.76. The number of carbonyl (C=O) groups is 2. The molecule has 5 nitrogen and oxygen atoms in total. The molecule has 1 heterocycles. The quantitative estimate of drug-likeness (QED) is 0.816. The fraction of sp³-hybridized carbons (Fsp3) is 0.267. The minimum atomic E-state index is -0.269. The van der Waals surface area contributed by atoms with Crippen molar-refractivity contribution in [2.75, 3.05) is 16.9 Å². The number of amides is 2. The van der Waals surface area contributed by atoms with E-state index in [9.17, 15) is 9.59 Å². The standard InChI is InChI=1S/C15H17N3O2S2/c1-4-12(19)17-15-13(9(2)18-22-15)14(20)16-10-5-7-11(21-3)8-6-10/h5-8H,4H2,1-3H3,(H,16,20)(H,17,19). The second-order valence-corrected chi connectivity index (χ2v) is 6.21. The molecule has 2 aromatic rings. The number of thioether (sulfide) groups is 1. The summed E-state index contributed by atoms with van der Waals surface area (Å²) in [6, 6.07) is 7.59. The number of hydrogen-bond donors (Lipinski definition) is 2. The van der Waals surface area contributed by atoms with E-state index in [-0.39, 0.29) is 11.8 Å². The number of aryl methyl sites for hydroxylation is 1. The topological polar surface area (TPSA) is 71.1 Å². The number of aromatic nitrogens is 1. The summed E-state index contributed by atoms with van der Waals surface area (Å²) in [5.41, 5.74) is 1.73. The maximum atomic E-state index is 12.4. The van der Waals surface area contributed by atoms with E-state index in [1.165, 1.54) is 0 Å². The maximum Gasteiger partial charge on any atom is 0.260 e. The molecule has 1 aromatic carbocycles. The molecule has 0 aliphatic heterocycles. The van der Waals surface area contributed by atoms with E-state index in [0.29, 0.717) is 28.4 Å². The molecule has 2 rings (SSSR count). The molecule has 0 aliphatic carbocycles. The van der Waals surface area contributed by atoms with E-state index in [0.717, 1.165) is 16.4 Å². The zero-order valence-electron chi connectivity index (χ0n) is 12.6. The first kappa shape index (κ1) is 16.5. The lowest BCUT2D eigenvalue weighted by Gasteiger charge is -2.08. The molecule has 0 aliphatic rings. The van der Waals surface area contributed by atoms with Crippen LogP contribution in [0.15, 0.2) is 29.2 Å². The van der Waals surface area contributed by atoms with Gasteiger partial charge in [-0.3, -0.25) is 9.59 Å². The second kappa shape index (κ2) is 7.42. The zero-order chi connectivity index (χ0) is 16.1. The normalized spacial score (nSPS) is 10.3. The molecule has 116 valence electrons. The number of anilines is 2. The van der Waals surface area contributed by atoms with Gasteiger partial charge in [-0.15, -0.1) is 11.8 Å². The molecule has 7 heteroatoms. The summed E-state index contributed by atoms with van der Waals surface area (Å²) in [5.74, 6) is -0.406. The molecular weight excluding hydrogens is 318 g/mol. The van der Waals surface area contributed by atoms with Crippen LogP contribution in [-0.4, -0.2) is 22.4 Å². The van der Waals surface area contributed by atoms with Crippen LogP contribution in [0.3, 0.4) is 0 Å². The molecule has 0 bridgehead atoms. The average Bonchev–Trinajstić information content (AvgIpc) is 2.88. The van der Waals surface area contributed by atoms with E-state index in [2.05, 4.69) is 15.0 Å². The first-order valence-corrected chi connectivity index (χ1v) is 8.76. The summed E-state index contributed by atoms with van der Waals surface area (Å²) in [5, 5.41) is 6.04. The van der Waals surface area contributed by atoms with Crippen molar-refractivity contribution in [1.29, 1.82) is 0 Å². The van der Waals surface area contributed by atoms with Gasteiger partial charge in [0.1, 0.15) is 5.00 Å². The van der Waals surface area contributed by atoms with E-state index in [1.54, 1.807) is 25.6 Å². The lowest BCUT2D eigenvalue weighted by molar-refractivity contribution is -0.115. The largest absolute Gasteiger partial charge is 0.322 e. The van der Waals surface area contributed by atoms with Crippen LogP contribution in [0.4, 0.5) is 10.7 Å². The van der Waals surface area contributed by atoms with Crippen molar-refractivity contribution >= 4 is 45.8 Å². The number of nitrogens with zero attached hydrogens (tertiary/aromatic N) is 1. The zero-order valence-corrected chi connectivity index (χ0v) is 14.2. The van der Waals surface area contributed by atoms with Gasteiger partial charge in [0, 0.05) is 17.0 Å². The highest BCUT2D eigenvalue weighted by Gasteiger charge is 2.19. The molecule has 0 saturated carbocycles. The average molecular weight is 335 g/mol. The van der Waals surface area contributed by atoms with Crippen LogP contribution in [-0.2, 0) is 4.79 Å². The third-order valence-electron chi connectivity index (χ3n) is 3.01. The van der Waals surface area contributed by atoms with Gasteiger partial charge in [0.05, 0.1) is 11.3 Å². The van der Waals surface area contributed by atoms with E-state index in [4.69, 9.17) is 0 Å². The molecule has 1 aromatic heterocycles. The Kier molecular flexibility index (Phi) is 5.57. The Morgan fingerprint density at radius 1 is 1.23 bits per heavy atom. The van der Waals surface area contributed by atoms with Crippen molar-refractivity contribution < 1.29 is 9.59 Å². The lowest BCUT2D eigenvalue weighted by Crippen LogP contribution is -2.16. The lowest BCUT2D eigenvalue weighted by atomic mass is 10.2. The van der Waals surface area contributed by atoms with Crippen molar-refractivity contribution in [2.45, 2.75) is 25.2 Å². The Morgan fingerprint density at radius 2 is 1.91 bits per heavy atom. The van der Waals surface area contributed by atoms with Crippen LogP contribution in [0.1, 0.15) is 29.4 Å². The molecule has 2 amide bonds. The van der Waals surface area contributed by atoms with Gasteiger partial charge in [-0.25, -0.2) is 0 Å². The van der Waals surface area contributed by atoms with Gasteiger partial charge in [-0.05, 0) is 49.0 Å². The molecule has 22 heavy (non-hydrogen) atoms. The third kappa shape index (κ3) is 3.86. The van der Waals surface area contributed by atoms with Gasteiger partial charge in [0.2, 0.25) is 5.91 Å². The van der Waals surface area contributed by atoms with Crippen molar-refractivity contribution in [3.05, 3.63) is 35.5 Å². The maximum absolute atomic E-state index is 12.4. The summed E-state index contributed by atoms with van der Waals surface area (Å²) < 4.78 is 4.16. The summed E-state index contributed by atoms with van der Waals surface area (Å²) in [6.07, 6.45) is 2.35. The first-order chi connectivity index (χ1) is 10.5. The smallest absolute Gasteiger partial charge is 0.260 e. The van der Waals surface area contributed by atoms with E-state index in [1.807, 2.05) is 30.5 Å². The van der Waals surface area contributed by atoms with E-state index >= 15 is 0 Å². The number of benzene rings is 1. The van der Waals surface area contributed by atoms with Gasteiger partial charge in [-0.2, -0.15) is 4.37 Å². The number of carbonyl (C=O) groups excluding carboxylic acids is 2. The summed E-state index contributed by atoms with van der Waals surface area (Å²) in [6.45, 7) is 3.51. The second-order valence-electron chi connectivity index (χ2n) is 4.56. The van der Waals surface area contributed by atoms with Gasteiger partial charge in [0.25, 0.3) is 5.91 Å². The highest BCUT2D eigenvalue weighted by molar-refractivity contribution is 7.98. The van der Waals surface area contributed by atoms with Crippen LogP contribution in [0.25, 0.3) is 0 Å². The van der Waals surface area contributed by atoms with Crippen LogP contribution in [0, 0.1) is 6.92 Å². The monoisotopic (exact) mass is 335 g/mol. The van der Waals surface area contributed by atoms with Crippen molar-refractivity contribution in [2.24, 2.45) is 0 Å². The fourth-order valence-corrected chi connectivity index (χ4v) is 3.02. The molecule has 0 saturated heterocycles. The molecule has 0 fully saturated rings. The predicted molar refractivity (Wildman–Crippen MR) is 91.9 cm³/mol. The minimum Gasteiger partial charge on any atom is -0.322 e. The minimum absolute atomic E-state index is 0.137. The number of hydrogen-bond acceptors (Lipinski definition) is 5. The summed E-state index contributed by atoms with van der Waals surface area (Å²) >= 11 is 2.76. The molecule has 2 N–H and O–H groups in total. The molecule has 0 radical (unpaired) electrons. The molecule has 0 atom stereocenters. The summed E-state index contributed by atoms with van der Waals surface area (Å²) in [7, 11) is 0. The van der Waals surface area contributed by atoms with Crippen LogP contribution in [0.2, 0.25) is 0 Å². The SMILES string of the molecule is CCC(=O)Nc1snc(C)c1C(=O)Nc1ccc(SC)cc1. The van der Waals surface area contributed by atoms with Crippen molar-refractivity contribution in [3.63, 3.8) is 0 Å². The van der Waals surface area contributed by atoms with Crippen LogP contribution < -0.4 is 10.6 Å². The van der Waals surface area contributed by atoms with Crippen LogP contribution >= 0.6 is 23.3 Å².